The summed E-state index contributed by atoms with van der Waals surface area (Å²) in [5.41, 5.74) is 2.35. The highest BCUT2D eigenvalue weighted by Gasteiger charge is 2.12. The van der Waals surface area contributed by atoms with Crippen molar-refractivity contribution in [3.05, 3.63) is 29.3 Å². The van der Waals surface area contributed by atoms with E-state index in [1.807, 2.05) is 24.0 Å². The second kappa shape index (κ2) is 5.19. The lowest BCUT2D eigenvalue weighted by Gasteiger charge is -2.22. The topological polar surface area (TPSA) is 61.2 Å². The smallest absolute Gasteiger partial charge is 0.149 e. The Bertz CT molecular complexity index is 544. The van der Waals surface area contributed by atoms with Crippen LogP contribution in [0, 0.1) is 18.3 Å². The third kappa shape index (κ3) is 3.75. The van der Waals surface area contributed by atoms with Crippen molar-refractivity contribution < 1.29 is 8.42 Å². The van der Waals surface area contributed by atoms with E-state index < -0.39 is 9.84 Å². The van der Waals surface area contributed by atoms with E-state index in [4.69, 9.17) is 5.26 Å². The molecule has 0 aliphatic heterocycles. The quantitative estimate of drug-likeness (QED) is 0.811. The Morgan fingerprint density at radius 1 is 1.41 bits per heavy atom. The van der Waals surface area contributed by atoms with Crippen LogP contribution in [0.3, 0.4) is 0 Å². The summed E-state index contributed by atoms with van der Waals surface area (Å²) in [6.45, 7) is 2.30. The molecule has 0 atom stereocenters. The first-order chi connectivity index (χ1) is 7.85. The molecule has 0 radical (unpaired) electrons. The van der Waals surface area contributed by atoms with Gasteiger partial charge in [-0.3, -0.25) is 0 Å². The normalized spacial score (nSPS) is 10.9. The molecular weight excluding hydrogens is 236 g/mol. The second-order valence-electron chi connectivity index (χ2n) is 4.13. The molecular formula is C12H16N2O2S. The molecule has 0 N–H and O–H groups in total. The van der Waals surface area contributed by atoms with E-state index in [0.29, 0.717) is 12.1 Å². The Balaban J connectivity index is 2.97. The van der Waals surface area contributed by atoms with Crippen LogP contribution in [-0.4, -0.2) is 34.0 Å². The van der Waals surface area contributed by atoms with Crippen LogP contribution in [0.4, 0.5) is 5.69 Å². The number of aryl methyl sites for hydroxylation is 1. The summed E-state index contributed by atoms with van der Waals surface area (Å²) in [5.74, 6) is 0.0860. The van der Waals surface area contributed by atoms with Gasteiger partial charge in [0.2, 0.25) is 0 Å². The van der Waals surface area contributed by atoms with Gasteiger partial charge in [-0.2, -0.15) is 5.26 Å². The summed E-state index contributed by atoms with van der Waals surface area (Å²) < 4.78 is 22.2. The molecule has 0 spiro atoms. The van der Waals surface area contributed by atoms with Gasteiger partial charge in [0.05, 0.1) is 17.0 Å². The Hall–Kier alpha value is -1.54. The van der Waals surface area contributed by atoms with Crippen LogP contribution in [0.15, 0.2) is 18.2 Å². The van der Waals surface area contributed by atoms with Crippen molar-refractivity contribution in [1.82, 2.24) is 0 Å². The number of nitriles is 1. The van der Waals surface area contributed by atoms with Gasteiger partial charge in [-0.15, -0.1) is 0 Å². The molecule has 1 aromatic rings. The predicted octanol–water partition coefficient (Wildman–Crippen LogP) is 1.35. The molecule has 1 rings (SSSR count). The van der Waals surface area contributed by atoms with E-state index >= 15 is 0 Å². The Kier molecular flexibility index (Phi) is 4.13. The molecule has 92 valence electrons. The average molecular weight is 252 g/mol. The van der Waals surface area contributed by atoms with Gasteiger partial charge in [0.15, 0.2) is 0 Å². The van der Waals surface area contributed by atoms with Crippen molar-refractivity contribution in [1.29, 1.82) is 5.26 Å². The minimum absolute atomic E-state index is 0.0860. The van der Waals surface area contributed by atoms with Crippen molar-refractivity contribution in [2.75, 3.05) is 30.5 Å². The Morgan fingerprint density at radius 2 is 2.06 bits per heavy atom. The molecule has 0 saturated carbocycles. The molecule has 0 unspecified atom stereocenters. The molecule has 0 fully saturated rings. The zero-order valence-electron chi connectivity index (χ0n) is 10.3. The van der Waals surface area contributed by atoms with Gasteiger partial charge in [0.25, 0.3) is 0 Å². The fourth-order valence-corrected chi connectivity index (χ4v) is 2.28. The first-order valence-corrected chi connectivity index (χ1v) is 7.30. The van der Waals surface area contributed by atoms with Gasteiger partial charge < -0.3 is 4.90 Å². The van der Waals surface area contributed by atoms with Gasteiger partial charge in [0.1, 0.15) is 15.9 Å². The first kappa shape index (κ1) is 13.5. The fraction of sp³-hybridized carbons (Fsp3) is 0.417. The van der Waals surface area contributed by atoms with Crippen molar-refractivity contribution in [2.45, 2.75) is 6.92 Å². The number of hydrogen-bond acceptors (Lipinski definition) is 4. The Labute approximate surface area is 102 Å². The van der Waals surface area contributed by atoms with Gasteiger partial charge in [0, 0.05) is 19.8 Å². The van der Waals surface area contributed by atoms with Crippen LogP contribution in [0.25, 0.3) is 0 Å². The number of benzene rings is 1. The molecule has 17 heavy (non-hydrogen) atoms. The highest BCUT2D eigenvalue weighted by Crippen LogP contribution is 2.23. The van der Waals surface area contributed by atoms with Crippen LogP contribution in [0.1, 0.15) is 11.1 Å². The van der Waals surface area contributed by atoms with Crippen LogP contribution >= 0.6 is 0 Å². The van der Waals surface area contributed by atoms with Gasteiger partial charge in [-0.25, -0.2) is 8.42 Å². The molecule has 1 aromatic carbocycles. The van der Waals surface area contributed by atoms with Crippen molar-refractivity contribution in [2.24, 2.45) is 0 Å². The molecule has 0 aromatic heterocycles. The lowest BCUT2D eigenvalue weighted by molar-refractivity contribution is 0.601. The monoisotopic (exact) mass is 252 g/mol. The van der Waals surface area contributed by atoms with Crippen LogP contribution < -0.4 is 4.90 Å². The van der Waals surface area contributed by atoms with E-state index in [1.165, 1.54) is 6.26 Å². The van der Waals surface area contributed by atoms with E-state index in [1.54, 1.807) is 13.1 Å². The predicted molar refractivity (Wildman–Crippen MR) is 68.9 cm³/mol. The summed E-state index contributed by atoms with van der Waals surface area (Å²) in [6.07, 6.45) is 1.21. The molecule has 0 amide bonds. The highest BCUT2D eigenvalue weighted by molar-refractivity contribution is 7.90. The van der Waals surface area contributed by atoms with E-state index in [-0.39, 0.29) is 5.75 Å². The lowest BCUT2D eigenvalue weighted by Crippen LogP contribution is -2.26. The largest absolute Gasteiger partial charge is 0.372 e. The number of anilines is 1. The average Bonchev–Trinajstić information content (AvgIpc) is 2.24. The van der Waals surface area contributed by atoms with Gasteiger partial charge in [-0.1, -0.05) is 12.1 Å². The standard InChI is InChI=1S/C12H16N2O2S/c1-10-5-4-6-11(9-13)12(10)14(2)7-8-17(3,15)16/h4-6H,7-8H2,1-3H3. The number of nitrogens with zero attached hydrogens (tertiary/aromatic N) is 2. The first-order valence-electron chi connectivity index (χ1n) is 5.23. The molecule has 5 heteroatoms. The van der Waals surface area contributed by atoms with E-state index in [0.717, 1.165) is 11.3 Å². The highest BCUT2D eigenvalue weighted by atomic mass is 32.2. The molecule has 0 aliphatic rings. The van der Waals surface area contributed by atoms with Gasteiger partial charge >= 0.3 is 0 Å². The van der Waals surface area contributed by atoms with Gasteiger partial charge in [-0.05, 0) is 18.6 Å². The third-order valence-electron chi connectivity index (χ3n) is 2.54. The summed E-state index contributed by atoms with van der Waals surface area (Å²) >= 11 is 0. The number of para-hydroxylation sites is 1. The minimum Gasteiger partial charge on any atom is -0.372 e. The van der Waals surface area contributed by atoms with Crippen LogP contribution in [-0.2, 0) is 9.84 Å². The molecule has 0 aliphatic carbocycles. The molecule has 0 saturated heterocycles. The summed E-state index contributed by atoms with van der Waals surface area (Å²) in [4.78, 5) is 1.81. The van der Waals surface area contributed by atoms with E-state index in [9.17, 15) is 8.42 Å². The third-order valence-corrected chi connectivity index (χ3v) is 3.46. The number of sulfone groups is 1. The summed E-state index contributed by atoms with van der Waals surface area (Å²) in [6, 6.07) is 7.59. The maximum absolute atomic E-state index is 11.1. The maximum Gasteiger partial charge on any atom is 0.149 e. The zero-order chi connectivity index (χ0) is 13.1. The zero-order valence-corrected chi connectivity index (χ0v) is 11.1. The lowest BCUT2D eigenvalue weighted by atomic mass is 10.1. The number of hydrogen-bond donors (Lipinski definition) is 0. The summed E-state index contributed by atoms with van der Waals surface area (Å²) in [7, 11) is -1.18. The Morgan fingerprint density at radius 3 is 2.59 bits per heavy atom. The van der Waals surface area contributed by atoms with Crippen LogP contribution in [0.2, 0.25) is 0 Å². The maximum atomic E-state index is 11.1. The van der Waals surface area contributed by atoms with Crippen molar-refractivity contribution >= 4 is 15.5 Å². The molecule has 0 bridgehead atoms. The molecule has 0 heterocycles. The fourth-order valence-electron chi connectivity index (χ4n) is 1.67. The molecule has 4 nitrogen and oxygen atoms in total. The van der Waals surface area contributed by atoms with Crippen molar-refractivity contribution in [3.8, 4) is 6.07 Å². The van der Waals surface area contributed by atoms with E-state index in [2.05, 4.69) is 6.07 Å². The second-order valence-corrected chi connectivity index (χ2v) is 6.39. The van der Waals surface area contributed by atoms with Crippen LogP contribution in [0.5, 0.6) is 0 Å². The summed E-state index contributed by atoms with van der Waals surface area (Å²) in [5, 5.41) is 9.02. The number of rotatable bonds is 4. The minimum atomic E-state index is -2.98. The SMILES string of the molecule is Cc1cccc(C#N)c1N(C)CCS(C)(=O)=O. The van der Waals surface area contributed by atoms with Crippen molar-refractivity contribution in [3.63, 3.8) is 0 Å².